The molecule has 0 amide bonds. The van der Waals surface area contributed by atoms with Crippen molar-refractivity contribution in [2.45, 2.75) is 42.2 Å². The summed E-state index contributed by atoms with van der Waals surface area (Å²) in [7, 11) is 3.01. The van der Waals surface area contributed by atoms with Crippen molar-refractivity contribution in [3.8, 4) is 11.1 Å². The molecule has 0 unspecified atom stereocenters. The second-order valence-corrected chi connectivity index (χ2v) is 16.2. The molecule has 3 heterocycles. The minimum Gasteiger partial charge on any atom is -0.378 e. The van der Waals surface area contributed by atoms with Crippen LogP contribution in [0.25, 0.3) is 22.2 Å². The van der Waals surface area contributed by atoms with Gasteiger partial charge in [0.15, 0.2) is 0 Å². The first-order chi connectivity index (χ1) is 15.3. The Morgan fingerprint density at radius 3 is 2.69 bits per heavy atom. The molecular weight excluding hydrogens is 434 g/mol. The third-order valence-electron chi connectivity index (χ3n) is 5.29. The van der Waals surface area contributed by atoms with E-state index in [0.29, 0.717) is 6.73 Å². The minimum atomic E-state index is -1.11. The van der Waals surface area contributed by atoms with E-state index in [9.17, 15) is 0 Å². The lowest BCUT2D eigenvalue weighted by atomic mass is 10.1. The Hall–Kier alpha value is -2.55. The first-order valence-electron chi connectivity index (χ1n) is 10.8. The Bertz CT molecular complexity index is 1180. The normalized spacial score (nSPS) is 11.9. The van der Waals surface area contributed by atoms with E-state index in [1.807, 2.05) is 18.6 Å². The highest BCUT2D eigenvalue weighted by Gasteiger charge is 2.15. The maximum atomic E-state index is 6.02. The SMILES string of the molecule is CN(C)c1cccc(Sc2cnc3c(c2)c(-c2cn[nH]c2)cn3COCC[Si](C)(C)C)c1. The van der Waals surface area contributed by atoms with Gasteiger partial charge in [-0.3, -0.25) is 5.10 Å². The number of rotatable bonds is 9. The van der Waals surface area contributed by atoms with Crippen LogP contribution in [0, 0.1) is 0 Å². The molecule has 0 aliphatic rings. The van der Waals surface area contributed by atoms with Gasteiger partial charge < -0.3 is 14.2 Å². The van der Waals surface area contributed by atoms with E-state index < -0.39 is 8.07 Å². The fourth-order valence-corrected chi connectivity index (χ4v) is 5.07. The summed E-state index contributed by atoms with van der Waals surface area (Å²) in [6, 6.07) is 11.9. The quantitative estimate of drug-likeness (QED) is 0.244. The van der Waals surface area contributed by atoms with E-state index in [1.54, 1.807) is 11.8 Å². The summed E-state index contributed by atoms with van der Waals surface area (Å²) in [6.07, 6.45) is 7.85. The smallest absolute Gasteiger partial charge is 0.142 e. The zero-order valence-corrected chi connectivity index (χ0v) is 21.2. The van der Waals surface area contributed by atoms with Crippen LogP contribution < -0.4 is 4.90 Å². The van der Waals surface area contributed by atoms with Crippen LogP contribution in [-0.2, 0) is 11.5 Å². The van der Waals surface area contributed by atoms with Gasteiger partial charge in [0.2, 0.25) is 0 Å². The molecule has 168 valence electrons. The Labute approximate surface area is 195 Å². The molecule has 4 aromatic rings. The molecule has 0 bridgehead atoms. The third-order valence-corrected chi connectivity index (χ3v) is 7.95. The number of benzene rings is 1. The van der Waals surface area contributed by atoms with Gasteiger partial charge in [0.1, 0.15) is 12.4 Å². The van der Waals surface area contributed by atoms with Gasteiger partial charge in [-0.05, 0) is 30.3 Å². The van der Waals surface area contributed by atoms with Crippen LogP contribution in [0.15, 0.2) is 64.9 Å². The van der Waals surface area contributed by atoms with Gasteiger partial charge in [-0.25, -0.2) is 4.98 Å². The second kappa shape index (κ2) is 9.52. The number of nitrogens with zero attached hydrogens (tertiary/aromatic N) is 4. The predicted octanol–water partition coefficient (Wildman–Crippen LogP) is 5.96. The molecule has 0 spiro atoms. The first-order valence-corrected chi connectivity index (χ1v) is 15.3. The van der Waals surface area contributed by atoms with E-state index in [4.69, 9.17) is 9.72 Å². The van der Waals surface area contributed by atoms with Crippen LogP contribution in [-0.4, -0.2) is 48.5 Å². The van der Waals surface area contributed by atoms with Crippen molar-refractivity contribution < 1.29 is 4.74 Å². The molecule has 3 aromatic heterocycles. The number of anilines is 1. The van der Waals surface area contributed by atoms with Crippen LogP contribution >= 0.6 is 11.8 Å². The lowest BCUT2D eigenvalue weighted by Gasteiger charge is -2.15. The standard InChI is InChI=1S/C24H31N5OSSi/c1-28(2)19-7-6-8-20(11-19)31-21-12-22-23(18-13-26-27-14-18)16-29(24(22)25-15-21)17-30-9-10-32(3,4)5/h6-8,11-16H,9-10,17H2,1-5H3,(H,26,27). The highest BCUT2D eigenvalue weighted by molar-refractivity contribution is 7.99. The van der Waals surface area contributed by atoms with Crippen LogP contribution in [0.2, 0.25) is 25.7 Å². The fourth-order valence-electron chi connectivity index (χ4n) is 3.44. The number of fused-ring (bicyclic) bond motifs is 1. The van der Waals surface area contributed by atoms with Crippen molar-refractivity contribution in [1.29, 1.82) is 0 Å². The summed E-state index contributed by atoms with van der Waals surface area (Å²) in [6.45, 7) is 8.39. The summed E-state index contributed by atoms with van der Waals surface area (Å²) in [4.78, 5) is 9.24. The summed E-state index contributed by atoms with van der Waals surface area (Å²) in [5.74, 6) is 0. The van der Waals surface area contributed by atoms with Crippen molar-refractivity contribution in [3.63, 3.8) is 0 Å². The summed E-state index contributed by atoms with van der Waals surface area (Å²) < 4.78 is 8.12. The molecule has 6 nitrogen and oxygen atoms in total. The molecule has 0 saturated heterocycles. The van der Waals surface area contributed by atoms with Gasteiger partial charge >= 0.3 is 0 Å². The number of H-pyrrole nitrogens is 1. The van der Waals surface area contributed by atoms with E-state index in [-0.39, 0.29) is 0 Å². The first kappa shape index (κ1) is 22.6. The lowest BCUT2D eigenvalue weighted by molar-refractivity contribution is 0.0899. The van der Waals surface area contributed by atoms with Crippen LogP contribution in [0.3, 0.4) is 0 Å². The van der Waals surface area contributed by atoms with Gasteiger partial charge in [-0.15, -0.1) is 0 Å². The van der Waals surface area contributed by atoms with Gasteiger partial charge in [-0.1, -0.05) is 37.5 Å². The van der Waals surface area contributed by atoms with E-state index in [0.717, 1.165) is 39.7 Å². The number of hydrogen-bond donors (Lipinski definition) is 1. The van der Waals surface area contributed by atoms with Gasteiger partial charge in [0, 0.05) is 79.4 Å². The van der Waals surface area contributed by atoms with Crippen molar-refractivity contribution in [2.24, 2.45) is 0 Å². The molecule has 0 atom stereocenters. The molecule has 8 heteroatoms. The number of nitrogens with one attached hydrogen (secondary N) is 1. The lowest BCUT2D eigenvalue weighted by Crippen LogP contribution is -2.22. The monoisotopic (exact) mass is 465 g/mol. The minimum absolute atomic E-state index is 0.503. The molecule has 0 saturated carbocycles. The fraction of sp³-hybridized carbons (Fsp3) is 0.333. The Kier molecular flexibility index (Phi) is 6.73. The summed E-state index contributed by atoms with van der Waals surface area (Å²) >= 11 is 1.72. The zero-order valence-electron chi connectivity index (χ0n) is 19.4. The summed E-state index contributed by atoms with van der Waals surface area (Å²) in [5.41, 5.74) is 4.28. The van der Waals surface area contributed by atoms with Crippen LogP contribution in [0.4, 0.5) is 5.69 Å². The number of aromatic amines is 1. The largest absolute Gasteiger partial charge is 0.378 e. The molecule has 1 aromatic carbocycles. The van der Waals surface area contributed by atoms with E-state index in [2.05, 4.69) is 89.9 Å². The van der Waals surface area contributed by atoms with E-state index in [1.165, 1.54) is 10.6 Å². The number of pyridine rings is 1. The average Bonchev–Trinajstić information content (AvgIpc) is 3.38. The van der Waals surface area contributed by atoms with Crippen molar-refractivity contribution in [3.05, 3.63) is 55.1 Å². The highest BCUT2D eigenvalue weighted by atomic mass is 32.2. The molecule has 0 radical (unpaired) electrons. The molecule has 1 N–H and O–H groups in total. The molecule has 0 aliphatic heterocycles. The maximum absolute atomic E-state index is 6.02. The Morgan fingerprint density at radius 2 is 1.97 bits per heavy atom. The number of ether oxygens (including phenoxy) is 1. The third kappa shape index (κ3) is 5.43. The molecule has 0 fully saturated rings. The van der Waals surface area contributed by atoms with Crippen molar-refractivity contribution in [1.82, 2.24) is 19.7 Å². The van der Waals surface area contributed by atoms with Crippen molar-refractivity contribution >= 4 is 36.6 Å². The molecular formula is C24H31N5OSSi. The Balaban J connectivity index is 1.62. The highest BCUT2D eigenvalue weighted by Crippen LogP contribution is 2.35. The number of aromatic nitrogens is 4. The van der Waals surface area contributed by atoms with Crippen molar-refractivity contribution in [2.75, 3.05) is 25.6 Å². The average molecular weight is 466 g/mol. The molecule has 32 heavy (non-hydrogen) atoms. The Morgan fingerprint density at radius 1 is 1.12 bits per heavy atom. The number of hydrogen-bond acceptors (Lipinski definition) is 5. The second-order valence-electron chi connectivity index (χ2n) is 9.38. The molecule has 4 rings (SSSR count). The van der Waals surface area contributed by atoms with Gasteiger partial charge in [0.25, 0.3) is 0 Å². The predicted molar refractivity (Wildman–Crippen MR) is 136 cm³/mol. The van der Waals surface area contributed by atoms with Crippen LogP contribution in [0.1, 0.15) is 0 Å². The molecule has 0 aliphatic carbocycles. The van der Waals surface area contributed by atoms with Gasteiger partial charge in [-0.2, -0.15) is 5.10 Å². The topological polar surface area (TPSA) is 59.0 Å². The van der Waals surface area contributed by atoms with Gasteiger partial charge in [0.05, 0.1) is 6.20 Å². The van der Waals surface area contributed by atoms with Crippen LogP contribution in [0.5, 0.6) is 0 Å². The summed E-state index contributed by atoms with van der Waals surface area (Å²) in [5, 5.41) is 8.17. The van der Waals surface area contributed by atoms with E-state index >= 15 is 0 Å². The zero-order chi connectivity index (χ0) is 22.7. The maximum Gasteiger partial charge on any atom is 0.142 e.